The van der Waals surface area contributed by atoms with Crippen LogP contribution in [0.2, 0.25) is 0 Å². The number of rotatable bonds is 5. The Morgan fingerprint density at radius 2 is 1.89 bits per heavy atom. The first-order valence-electron chi connectivity index (χ1n) is 7.28. The zero-order chi connectivity index (χ0) is 19.6. The molecule has 138 valence electrons. The van der Waals surface area contributed by atoms with E-state index in [4.69, 9.17) is 16.4 Å². The lowest BCUT2D eigenvalue weighted by Crippen LogP contribution is -2.17. The van der Waals surface area contributed by atoms with Crippen molar-refractivity contribution < 1.29 is 22.3 Å². The maximum Gasteiger partial charge on any atom is 0.339 e. The van der Waals surface area contributed by atoms with E-state index in [-0.39, 0.29) is 22.2 Å². The fourth-order valence-corrected chi connectivity index (χ4v) is 4.13. The van der Waals surface area contributed by atoms with Crippen molar-refractivity contribution in [3.05, 3.63) is 69.1 Å². The summed E-state index contributed by atoms with van der Waals surface area (Å²) < 4.78 is 30.0. The molecule has 0 unspecified atom stereocenters. The zero-order valence-corrected chi connectivity index (χ0v) is 15.8. The summed E-state index contributed by atoms with van der Waals surface area (Å²) in [5, 5.41) is 13.3. The van der Waals surface area contributed by atoms with Crippen molar-refractivity contribution in [3.8, 4) is 5.75 Å². The third kappa shape index (κ3) is 4.51. The molecule has 1 aliphatic rings. The number of hydrogen-bond acceptors (Lipinski definition) is 8. The molecule has 1 fully saturated rings. The Labute approximate surface area is 163 Å². The van der Waals surface area contributed by atoms with Crippen LogP contribution in [0.4, 0.5) is 5.69 Å². The van der Waals surface area contributed by atoms with E-state index in [1.165, 1.54) is 30.3 Å². The number of nitrogens with zero attached hydrogens (tertiary/aromatic N) is 1. The molecule has 1 amide bonds. The number of nitro benzene ring substituents is 1. The lowest BCUT2D eigenvalue weighted by Gasteiger charge is -2.07. The van der Waals surface area contributed by atoms with E-state index in [2.05, 4.69) is 5.32 Å². The minimum atomic E-state index is -4.23. The van der Waals surface area contributed by atoms with Crippen LogP contribution in [-0.2, 0) is 14.9 Å². The Hall–Kier alpha value is -2.76. The first-order chi connectivity index (χ1) is 12.7. The largest absolute Gasteiger partial charge is 0.379 e. The Kier molecular flexibility index (Phi) is 5.26. The zero-order valence-electron chi connectivity index (χ0n) is 13.3. The van der Waals surface area contributed by atoms with E-state index in [1.54, 1.807) is 18.2 Å². The van der Waals surface area contributed by atoms with E-state index in [0.717, 1.165) is 17.8 Å². The van der Waals surface area contributed by atoms with Crippen molar-refractivity contribution in [1.29, 1.82) is 0 Å². The molecule has 11 heteroatoms. The predicted molar refractivity (Wildman–Crippen MR) is 104 cm³/mol. The molecule has 3 rings (SSSR count). The van der Waals surface area contributed by atoms with E-state index < -0.39 is 15.0 Å². The average molecular weight is 422 g/mol. The number of non-ortho nitro benzene ring substituents is 1. The van der Waals surface area contributed by atoms with Gasteiger partial charge < -0.3 is 9.50 Å². The minimum absolute atomic E-state index is 0.0303. The van der Waals surface area contributed by atoms with E-state index in [1.807, 2.05) is 0 Å². The highest BCUT2D eigenvalue weighted by atomic mass is 32.2. The summed E-state index contributed by atoms with van der Waals surface area (Å²) in [6.07, 6.45) is 1.61. The van der Waals surface area contributed by atoms with Crippen LogP contribution in [0.15, 0.2) is 58.3 Å². The van der Waals surface area contributed by atoms with Crippen LogP contribution < -0.4 is 9.50 Å². The molecule has 0 saturated carbocycles. The van der Waals surface area contributed by atoms with Crippen molar-refractivity contribution >= 4 is 56.1 Å². The Morgan fingerprint density at radius 1 is 1.19 bits per heavy atom. The quantitative estimate of drug-likeness (QED) is 0.257. The van der Waals surface area contributed by atoms with E-state index >= 15 is 0 Å². The number of hydrogen-bond donors (Lipinski definition) is 1. The maximum atomic E-state index is 12.3. The van der Waals surface area contributed by atoms with Gasteiger partial charge in [-0.2, -0.15) is 8.42 Å². The molecule has 2 aromatic carbocycles. The van der Waals surface area contributed by atoms with Gasteiger partial charge in [-0.1, -0.05) is 42.2 Å². The summed E-state index contributed by atoms with van der Waals surface area (Å²) in [7, 11) is -4.23. The molecule has 1 N–H and O–H groups in total. The number of nitrogens with one attached hydrogen (secondary N) is 1. The Balaban J connectivity index is 1.79. The lowest BCUT2D eigenvalue weighted by molar-refractivity contribution is -0.385. The normalized spacial score (nSPS) is 15.6. The molecule has 0 aliphatic carbocycles. The van der Waals surface area contributed by atoms with Crippen molar-refractivity contribution in [2.75, 3.05) is 0 Å². The summed E-state index contributed by atoms with van der Waals surface area (Å²) in [6, 6.07) is 10.5. The van der Waals surface area contributed by atoms with Crippen LogP contribution >= 0.6 is 24.0 Å². The Morgan fingerprint density at radius 3 is 2.48 bits per heavy atom. The average Bonchev–Trinajstić information content (AvgIpc) is 2.93. The Bertz CT molecular complexity index is 1080. The highest BCUT2D eigenvalue weighted by Gasteiger charge is 2.22. The second-order valence-corrected chi connectivity index (χ2v) is 8.48. The highest BCUT2D eigenvalue weighted by Crippen LogP contribution is 2.27. The van der Waals surface area contributed by atoms with Crippen LogP contribution in [0, 0.1) is 10.1 Å². The summed E-state index contributed by atoms with van der Waals surface area (Å²) in [6.45, 7) is 0. The van der Waals surface area contributed by atoms with Gasteiger partial charge in [-0.25, -0.2) is 0 Å². The molecule has 2 aromatic rings. The SMILES string of the molecule is O=C1NC(=S)S/C1=C/c1ccc(OS(=O)(=O)c2cccc([N+](=O)[O-])c2)cc1. The number of carbonyl (C=O) groups is 1. The molecule has 0 bridgehead atoms. The van der Waals surface area contributed by atoms with Crippen LogP contribution in [0.25, 0.3) is 6.08 Å². The van der Waals surface area contributed by atoms with Gasteiger partial charge in [0.25, 0.3) is 11.6 Å². The monoisotopic (exact) mass is 422 g/mol. The minimum Gasteiger partial charge on any atom is -0.379 e. The molecule has 8 nitrogen and oxygen atoms in total. The van der Waals surface area contributed by atoms with Gasteiger partial charge in [-0.15, -0.1) is 0 Å². The first-order valence-corrected chi connectivity index (χ1v) is 9.92. The molecule has 1 heterocycles. The fourth-order valence-electron chi connectivity index (χ4n) is 2.12. The van der Waals surface area contributed by atoms with Crippen molar-refractivity contribution in [3.63, 3.8) is 0 Å². The molecule has 0 atom stereocenters. The second-order valence-electron chi connectivity index (χ2n) is 5.21. The summed E-state index contributed by atoms with van der Waals surface area (Å²) in [4.78, 5) is 21.8. The number of amides is 1. The third-order valence-corrected chi connectivity index (χ3v) is 5.75. The fraction of sp³-hybridized carbons (Fsp3) is 0. The summed E-state index contributed by atoms with van der Waals surface area (Å²) in [5.41, 5.74) is 0.296. The third-order valence-electron chi connectivity index (χ3n) is 3.34. The highest BCUT2D eigenvalue weighted by molar-refractivity contribution is 8.26. The standard InChI is InChI=1S/C16H10N2O6S3/c19-15-14(26-16(25)17-15)8-10-4-6-12(7-5-10)24-27(22,23)13-3-1-2-11(9-13)18(20)21/h1-9H,(H,17,19,25)/b14-8+. The molecule has 0 spiro atoms. The lowest BCUT2D eigenvalue weighted by atomic mass is 10.2. The summed E-state index contributed by atoms with van der Waals surface area (Å²) in [5.74, 6) is -0.263. The van der Waals surface area contributed by atoms with Gasteiger partial charge in [0.2, 0.25) is 0 Å². The second kappa shape index (κ2) is 7.47. The van der Waals surface area contributed by atoms with Gasteiger partial charge in [-0.3, -0.25) is 14.9 Å². The van der Waals surface area contributed by atoms with Crippen LogP contribution in [-0.4, -0.2) is 23.6 Å². The van der Waals surface area contributed by atoms with E-state index in [9.17, 15) is 23.3 Å². The molecule has 1 aliphatic heterocycles. The smallest absolute Gasteiger partial charge is 0.339 e. The van der Waals surface area contributed by atoms with Crippen molar-refractivity contribution in [1.82, 2.24) is 5.32 Å². The van der Waals surface area contributed by atoms with Gasteiger partial charge in [0.15, 0.2) is 0 Å². The predicted octanol–water partition coefficient (Wildman–Crippen LogP) is 2.85. The van der Waals surface area contributed by atoms with Crippen LogP contribution in [0.3, 0.4) is 0 Å². The number of nitro groups is 1. The number of thioether (sulfide) groups is 1. The van der Waals surface area contributed by atoms with Gasteiger partial charge in [-0.05, 0) is 29.8 Å². The molecular formula is C16H10N2O6S3. The van der Waals surface area contributed by atoms with Crippen molar-refractivity contribution in [2.24, 2.45) is 0 Å². The molecule has 0 aromatic heterocycles. The first kappa shape index (κ1) is 19.0. The topological polar surface area (TPSA) is 116 Å². The molecular weight excluding hydrogens is 412 g/mol. The van der Waals surface area contributed by atoms with Crippen LogP contribution in [0.5, 0.6) is 5.75 Å². The number of carbonyl (C=O) groups excluding carboxylic acids is 1. The maximum absolute atomic E-state index is 12.3. The van der Waals surface area contributed by atoms with E-state index in [0.29, 0.717) is 14.8 Å². The van der Waals surface area contributed by atoms with Gasteiger partial charge >= 0.3 is 10.1 Å². The number of thiocarbonyl (C=S) groups is 1. The van der Waals surface area contributed by atoms with Crippen molar-refractivity contribution in [2.45, 2.75) is 4.90 Å². The molecule has 0 radical (unpaired) electrons. The molecule has 27 heavy (non-hydrogen) atoms. The molecule has 1 saturated heterocycles. The number of benzene rings is 2. The van der Waals surface area contributed by atoms with Gasteiger partial charge in [0.1, 0.15) is 15.0 Å². The van der Waals surface area contributed by atoms with Crippen LogP contribution in [0.1, 0.15) is 5.56 Å². The van der Waals surface area contributed by atoms with Gasteiger partial charge in [0.05, 0.1) is 9.83 Å². The van der Waals surface area contributed by atoms with Gasteiger partial charge in [0, 0.05) is 12.1 Å². The summed E-state index contributed by atoms with van der Waals surface area (Å²) >= 11 is 6.04.